The maximum Gasteiger partial charge on any atom is 0.410 e. The van der Waals surface area contributed by atoms with Crippen LogP contribution in [0.15, 0.2) is 35.5 Å². The molecule has 4 rings (SSSR count). The second-order valence-electron chi connectivity index (χ2n) is 10.0. The van der Waals surface area contributed by atoms with E-state index in [4.69, 9.17) is 9.47 Å². The number of fused-ring (bicyclic) bond motifs is 2. The molecule has 13 heteroatoms. The smallest absolute Gasteiger partial charge is 0.410 e. The number of amides is 1. The van der Waals surface area contributed by atoms with Crippen molar-refractivity contribution in [1.82, 2.24) is 14.9 Å². The summed E-state index contributed by atoms with van der Waals surface area (Å²) < 4.78 is 34.9. The lowest BCUT2D eigenvalue weighted by molar-refractivity contribution is -0.385. The first-order valence-electron chi connectivity index (χ1n) is 11.6. The summed E-state index contributed by atoms with van der Waals surface area (Å²) in [6, 6.07) is 5.64. The summed E-state index contributed by atoms with van der Waals surface area (Å²) in [5, 5.41) is 14.8. The van der Waals surface area contributed by atoms with Gasteiger partial charge >= 0.3 is 11.8 Å². The summed E-state index contributed by atoms with van der Waals surface area (Å²) in [4.78, 5) is 33.9. The first-order valence-corrected chi connectivity index (χ1v) is 13.5. The monoisotopic (exact) mass is 519 g/mol. The fourth-order valence-electron chi connectivity index (χ4n) is 4.62. The Bertz CT molecular complexity index is 1250. The maximum atomic E-state index is 12.7. The van der Waals surface area contributed by atoms with Crippen molar-refractivity contribution in [3.8, 4) is 5.88 Å². The van der Waals surface area contributed by atoms with Gasteiger partial charge in [0, 0.05) is 36.9 Å². The molecule has 2 aliphatic heterocycles. The van der Waals surface area contributed by atoms with Gasteiger partial charge in [0.25, 0.3) is 5.88 Å². The van der Waals surface area contributed by atoms with E-state index in [1.54, 1.807) is 4.90 Å². The van der Waals surface area contributed by atoms with Crippen LogP contribution < -0.4 is 10.1 Å². The molecular formula is C23H29N5O7S. The highest BCUT2D eigenvalue weighted by molar-refractivity contribution is 7.90. The van der Waals surface area contributed by atoms with Gasteiger partial charge in [0.15, 0.2) is 9.84 Å². The summed E-state index contributed by atoms with van der Waals surface area (Å²) in [6.07, 6.45) is 4.18. The van der Waals surface area contributed by atoms with Crippen LogP contribution in [-0.2, 0) is 14.6 Å². The molecule has 1 aromatic carbocycles. The number of nitrogens with zero attached hydrogens (tertiary/aromatic N) is 4. The molecule has 0 unspecified atom stereocenters. The van der Waals surface area contributed by atoms with Gasteiger partial charge in [-0.2, -0.15) is 4.98 Å². The summed E-state index contributed by atoms with van der Waals surface area (Å²) in [5.74, 6) is -0.244. The molecule has 194 valence electrons. The van der Waals surface area contributed by atoms with Crippen molar-refractivity contribution >= 4 is 33.1 Å². The van der Waals surface area contributed by atoms with Crippen LogP contribution in [0, 0.1) is 10.1 Å². The number of sulfone groups is 1. The SMILES string of the molecule is CC(C)(C)OC(=O)N1[C@H]2CC[C@H]1CC(Oc1ncnc(Nc3ccc(S(C)(=O)=O)cc3)c1[N+](=O)[O-])C2. The largest absolute Gasteiger partial charge is 0.469 e. The molecule has 0 spiro atoms. The molecule has 2 atom stereocenters. The third-order valence-corrected chi connectivity index (χ3v) is 7.22. The summed E-state index contributed by atoms with van der Waals surface area (Å²) in [7, 11) is -3.37. The Morgan fingerprint density at radius 3 is 2.28 bits per heavy atom. The number of nitrogens with one attached hydrogen (secondary N) is 1. The third kappa shape index (κ3) is 5.66. The summed E-state index contributed by atoms with van der Waals surface area (Å²) >= 11 is 0. The van der Waals surface area contributed by atoms with Gasteiger partial charge in [-0.3, -0.25) is 10.1 Å². The van der Waals surface area contributed by atoms with Gasteiger partial charge in [-0.05, 0) is 57.9 Å². The first kappa shape index (κ1) is 25.6. The van der Waals surface area contributed by atoms with E-state index in [2.05, 4.69) is 15.3 Å². The van der Waals surface area contributed by atoms with Crippen LogP contribution in [0.1, 0.15) is 46.5 Å². The molecule has 2 aromatic rings. The molecule has 1 amide bonds. The van der Waals surface area contributed by atoms with E-state index < -0.39 is 26.0 Å². The van der Waals surface area contributed by atoms with Gasteiger partial charge < -0.3 is 19.7 Å². The Kier molecular flexibility index (Phi) is 6.78. The molecule has 2 saturated heterocycles. The van der Waals surface area contributed by atoms with Crippen LogP contribution >= 0.6 is 0 Å². The van der Waals surface area contributed by atoms with Crippen LogP contribution in [-0.4, -0.2) is 64.3 Å². The van der Waals surface area contributed by atoms with E-state index in [0.717, 1.165) is 19.1 Å². The van der Waals surface area contributed by atoms with Crippen LogP contribution in [0.3, 0.4) is 0 Å². The molecule has 1 N–H and O–H groups in total. The van der Waals surface area contributed by atoms with Crippen molar-refractivity contribution < 1.29 is 27.6 Å². The summed E-state index contributed by atoms with van der Waals surface area (Å²) in [5.41, 5.74) is -0.606. The zero-order chi connectivity index (χ0) is 26.3. The van der Waals surface area contributed by atoms with Crippen LogP contribution in [0.2, 0.25) is 0 Å². The van der Waals surface area contributed by atoms with Gasteiger partial charge in [-0.15, -0.1) is 0 Å². The van der Waals surface area contributed by atoms with Gasteiger partial charge in [0.2, 0.25) is 5.82 Å². The lowest BCUT2D eigenvalue weighted by Gasteiger charge is -2.39. The van der Waals surface area contributed by atoms with Crippen molar-refractivity contribution in [2.75, 3.05) is 11.6 Å². The second kappa shape index (κ2) is 9.52. The second-order valence-corrected chi connectivity index (χ2v) is 12.1. The third-order valence-electron chi connectivity index (χ3n) is 6.09. The topological polar surface area (TPSA) is 154 Å². The van der Waals surface area contributed by atoms with Gasteiger partial charge in [-0.1, -0.05) is 0 Å². The number of hydrogen-bond acceptors (Lipinski definition) is 10. The van der Waals surface area contributed by atoms with Crippen molar-refractivity contribution in [2.45, 2.75) is 75.1 Å². The zero-order valence-electron chi connectivity index (χ0n) is 20.5. The van der Waals surface area contributed by atoms with Crippen LogP contribution in [0.5, 0.6) is 5.88 Å². The number of nitro groups is 1. The first-order chi connectivity index (χ1) is 16.8. The standard InChI is InChI=1S/C23H29N5O7S/c1-23(2,3)35-22(29)27-15-7-8-16(27)12-17(11-15)34-21-19(28(30)31)20(24-13-25-21)26-14-5-9-18(10-6-14)36(4,32)33/h5-6,9-10,13,15-17H,7-8,11-12H2,1-4H3,(H,24,25,26)/t15-,16-/m0/s1. The number of benzene rings is 1. The fraction of sp³-hybridized carbons (Fsp3) is 0.522. The molecule has 2 aliphatic rings. The van der Waals surface area contributed by atoms with E-state index in [-0.39, 0.29) is 40.9 Å². The molecule has 36 heavy (non-hydrogen) atoms. The highest BCUT2D eigenvalue weighted by Crippen LogP contribution is 2.40. The van der Waals surface area contributed by atoms with Gasteiger partial charge in [0.05, 0.1) is 9.82 Å². The molecule has 0 saturated carbocycles. The fourth-order valence-corrected chi connectivity index (χ4v) is 5.25. The predicted molar refractivity (Wildman–Crippen MR) is 130 cm³/mol. The Morgan fingerprint density at radius 1 is 1.14 bits per heavy atom. The number of carbonyl (C=O) groups excluding carboxylic acids is 1. The lowest BCUT2D eigenvalue weighted by atomic mass is 10.0. The van der Waals surface area contributed by atoms with Crippen LogP contribution in [0.4, 0.5) is 22.0 Å². The Balaban J connectivity index is 1.51. The molecule has 2 fully saturated rings. The maximum absolute atomic E-state index is 12.7. The van der Waals surface area contributed by atoms with E-state index >= 15 is 0 Å². The van der Waals surface area contributed by atoms with Crippen molar-refractivity contribution in [2.24, 2.45) is 0 Å². The molecule has 12 nitrogen and oxygen atoms in total. The minimum atomic E-state index is -3.37. The van der Waals surface area contributed by atoms with Crippen molar-refractivity contribution in [1.29, 1.82) is 0 Å². The minimum Gasteiger partial charge on any atom is -0.469 e. The van der Waals surface area contributed by atoms with Crippen molar-refractivity contribution in [3.63, 3.8) is 0 Å². The number of piperidine rings is 1. The van der Waals surface area contributed by atoms with E-state index in [1.165, 1.54) is 30.6 Å². The zero-order valence-corrected chi connectivity index (χ0v) is 21.3. The van der Waals surface area contributed by atoms with E-state index in [0.29, 0.717) is 18.5 Å². The number of rotatable bonds is 6. The molecule has 0 aliphatic carbocycles. The number of aromatic nitrogens is 2. The Labute approximate surface area is 209 Å². The van der Waals surface area contributed by atoms with E-state index in [1.807, 2.05) is 20.8 Å². The minimum absolute atomic E-state index is 0.0737. The number of ether oxygens (including phenoxy) is 2. The highest BCUT2D eigenvalue weighted by atomic mass is 32.2. The molecule has 1 aromatic heterocycles. The van der Waals surface area contributed by atoms with Crippen molar-refractivity contribution in [3.05, 3.63) is 40.7 Å². The van der Waals surface area contributed by atoms with E-state index in [9.17, 15) is 23.3 Å². The lowest BCUT2D eigenvalue weighted by Crippen LogP contribution is -2.50. The van der Waals surface area contributed by atoms with Gasteiger partial charge in [-0.25, -0.2) is 18.2 Å². The molecule has 2 bridgehead atoms. The summed E-state index contributed by atoms with van der Waals surface area (Å²) in [6.45, 7) is 5.47. The highest BCUT2D eigenvalue weighted by Gasteiger charge is 2.46. The molecule has 3 heterocycles. The Morgan fingerprint density at radius 2 is 1.75 bits per heavy atom. The molecular weight excluding hydrogens is 490 g/mol. The number of hydrogen-bond donors (Lipinski definition) is 1. The number of carbonyl (C=O) groups is 1. The van der Waals surface area contributed by atoms with Gasteiger partial charge in [0.1, 0.15) is 18.0 Å². The quantitative estimate of drug-likeness (QED) is 0.440. The molecule has 0 radical (unpaired) electrons. The normalized spacial score (nSPS) is 21.7. The number of anilines is 2. The Hall–Kier alpha value is -3.48. The average Bonchev–Trinajstić information content (AvgIpc) is 3.03. The predicted octanol–water partition coefficient (Wildman–Crippen LogP) is 3.84. The average molecular weight is 520 g/mol. The van der Waals surface area contributed by atoms with Crippen LogP contribution in [0.25, 0.3) is 0 Å².